The molecule has 138 valence electrons. The van der Waals surface area contributed by atoms with Crippen LogP contribution < -0.4 is 4.90 Å². The molecular weight excluding hydrogens is 340 g/mol. The minimum Gasteiger partial charge on any atom is -0.465 e. The van der Waals surface area contributed by atoms with Crippen LogP contribution in [0.1, 0.15) is 46.7 Å². The Morgan fingerprint density at radius 2 is 1.85 bits per heavy atom. The van der Waals surface area contributed by atoms with E-state index in [1.54, 1.807) is 9.80 Å². The first kappa shape index (κ1) is 16.4. The first-order chi connectivity index (χ1) is 13.1. The third-order valence-corrected chi connectivity index (χ3v) is 6.01. The number of amides is 2. The van der Waals surface area contributed by atoms with Crippen molar-refractivity contribution in [2.24, 2.45) is 5.92 Å². The summed E-state index contributed by atoms with van der Waals surface area (Å²) in [7, 11) is 0. The fourth-order valence-corrected chi connectivity index (χ4v) is 4.18. The van der Waals surface area contributed by atoms with Gasteiger partial charge in [0, 0.05) is 29.8 Å². The molecule has 5 nitrogen and oxygen atoms in total. The Kier molecular flexibility index (Phi) is 3.71. The molecular formula is C22H22N2O3. The number of hydrogen-bond acceptors (Lipinski definition) is 2. The van der Waals surface area contributed by atoms with E-state index in [2.05, 4.69) is 0 Å². The van der Waals surface area contributed by atoms with Gasteiger partial charge in [-0.05, 0) is 54.5 Å². The first-order valence-electron chi connectivity index (χ1n) is 9.61. The lowest BCUT2D eigenvalue weighted by Crippen LogP contribution is -2.34. The highest BCUT2D eigenvalue weighted by atomic mass is 16.4. The van der Waals surface area contributed by atoms with Gasteiger partial charge in [0.1, 0.15) is 0 Å². The Balaban J connectivity index is 1.29. The SMILES string of the molecule is O=C1c2ccccc2CN1c1ccc([C@@H]2C[C@H]2N(CC2CC2)C(=O)O)cc1. The van der Waals surface area contributed by atoms with Crippen LogP contribution in [0.25, 0.3) is 0 Å². The molecule has 1 aliphatic heterocycles. The molecule has 5 rings (SSSR count). The predicted molar refractivity (Wildman–Crippen MR) is 102 cm³/mol. The van der Waals surface area contributed by atoms with E-state index < -0.39 is 6.09 Å². The summed E-state index contributed by atoms with van der Waals surface area (Å²) >= 11 is 0. The molecule has 2 saturated carbocycles. The lowest BCUT2D eigenvalue weighted by Gasteiger charge is -2.19. The minimum absolute atomic E-state index is 0.0455. The van der Waals surface area contributed by atoms with Gasteiger partial charge >= 0.3 is 6.09 Å². The van der Waals surface area contributed by atoms with Crippen molar-refractivity contribution in [3.05, 3.63) is 65.2 Å². The second-order valence-corrected chi connectivity index (χ2v) is 7.93. The quantitative estimate of drug-likeness (QED) is 0.871. The maximum absolute atomic E-state index is 12.6. The molecule has 2 atom stereocenters. The number of carbonyl (C=O) groups is 2. The number of carboxylic acid groups (broad SMARTS) is 1. The molecule has 0 radical (unpaired) electrons. The third-order valence-electron chi connectivity index (χ3n) is 6.01. The van der Waals surface area contributed by atoms with E-state index >= 15 is 0 Å². The second-order valence-electron chi connectivity index (χ2n) is 7.93. The smallest absolute Gasteiger partial charge is 0.407 e. The molecule has 2 aromatic carbocycles. The van der Waals surface area contributed by atoms with Crippen LogP contribution in [0.5, 0.6) is 0 Å². The van der Waals surface area contributed by atoms with Crippen molar-refractivity contribution in [1.82, 2.24) is 4.90 Å². The molecule has 0 bridgehead atoms. The summed E-state index contributed by atoms with van der Waals surface area (Å²) in [4.78, 5) is 27.6. The predicted octanol–water partition coefficient (Wildman–Crippen LogP) is 4.09. The Morgan fingerprint density at radius 3 is 2.52 bits per heavy atom. The van der Waals surface area contributed by atoms with Crippen LogP contribution >= 0.6 is 0 Å². The Hall–Kier alpha value is -2.82. The molecule has 1 N–H and O–H groups in total. The van der Waals surface area contributed by atoms with Crippen LogP contribution in [-0.4, -0.2) is 34.6 Å². The summed E-state index contributed by atoms with van der Waals surface area (Å²) in [6.45, 7) is 1.28. The monoisotopic (exact) mass is 362 g/mol. The zero-order valence-corrected chi connectivity index (χ0v) is 15.0. The van der Waals surface area contributed by atoms with Crippen LogP contribution in [0, 0.1) is 5.92 Å². The number of nitrogens with zero attached hydrogens (tertiary/aromatic N) is 2. The average Bonchev–Trinajstić information content (AvgIpc) is 3.59. The molecule has 3 aliphatic rings. The molecule has 27 heavy (non-hydrogen) atoms. The van der Waals surface area contributed by atoms with Crippen LogP contribution in [0.4, 0.5) is 10.5 Å². The summed E-state index contributed by atoms with van der Waals surface area (Å²) in [5.41, 5.74) is 3.90. The maximum Gasteiger partial charge on any atom is 0.407 e. The normalized spacial score (nSPS) is 23.3. The van der Waals surface area contributed by atoms with Gasteiger partial charge < -0.3 is 14.9 Å². The van der Waals surface area contributed by atoms with Crippen LogP contribution in [0.15, 0.2) is 48.5 Å². The Labute approximate surface area is 158 Å². The second kappa shape index (κ2) is 6.12. The van der Waals surface area contributed by atoms with Gasteiger partial charge in [-0.1, -0.05) is 30.3 Å². The van der Waals surface area contributed by atoms with Gasteiger partial charge in [-0.25, -0.2) is 4.79 Å². The molecule has 5 heteroatoms. The van der Waals surface area contributed by atoms with Gasteiger partial charge in [-0.15, -0.1) is 0 Å². The Bertz CT molecular complexity index is 904. The van der Waals surface area contributed by atoms with Crippen molar-refractivity contribution in [3.8, 4) is 0 Å². The van der Waals surface area contributed by atoms with E-state index in [9.17, 15) is 14.7 Å². The zero-order chi connectivity index (χ0) is 18.5. The molecule has 2 aliphatic carbocycles. The van der Waals surface area contributed by atoms with Gasteiger partial charge in [0.15, 0.2) is 0 Å². The van der Waals surface area contributed by atoms with Crippen molar-refractivity contribution in [3.63, 3.8) is 0 Å². The highest BCUT2D eigenvalue weighted by Gasteiger charge is 2.46. The molecule has 0 spiro atoms. The van der Waals surface area contributed by atoms with Crippen LogP contribution in [-0.2, 0) is 6.54 Å². The minimum atomic E-state index is -0.800. The van der Waals surface area contributed by atoms with E-state index in [1.165, 1.54) is 0 Å². The van der Waals surface area contributed by atoms with E-state index in [4.69, 9.17) is 0 Å². The topological polar surface area (TPSA) is 60.9 Å². The fourth-order valence-electron chi connectivity index (χ4n) is 4.18. The summed E-state index contributed by atoms with van der Waals surface area (Å²) in [6, 6.07) is 15.9. The highest BCUT2D eigenvalue weighted by molar-refractivity contribution is 6.09. The van der Waals surface area contributed by atoms with Crippen molar-refractivity contribution in [2.45, 2.75) is 37.8 Å². The largest absolute Gasteiger partial charge is 0.465 e. The number of hydrogen-bond donors (Lipinski definition) is 1. The first-order valence-corrected chi connectivity index (χ1v) is 9.61. The van der Waals surface area contributed by atoms with Crippen molar-refractivity contribution in [1.29, 1.82) is 0 Å². The number of rotatable bonds is 5. The Morgan fingerprint density at radius 1 is 1.11 bits per heavy atom. The van der Waals surface area contributed by atoms with E-state index in [-0.39, 0.29) is 17.9 Å². The third kappa shape index (κ3) is 2.97. The molecule has 2 fully saturated rings. The molecule has 0 aromatic heterocycles. The number of fused-ring (bicyclic) bond motifs is 1. The summed E-state index contributed by atoms with van der Waals surface area (Å²) in [5, 5.41) is 9.51. The van der Waals surface area contributed by atoms with Gasteiger partial charge in [-0.3, -0.25) is 4.79 Å². The van der Waals surface area contributed by atoms with Crippen molar-refractivity contribution in [2.75, 3.05) is 11.4 Å². The number of benzene rings is 2. The van der Waals surface area contributed by atoms with E-state index in [0.29, 0.717) is 19.0 Å². The lowest BCUT2D eigenvalue weighted by molar-refractivity contribution is 0.0996. The van der Waals surface area contributed by atoms with Gasteiger partial charge in [0.05, 0.1) is 6.54 Å². The maximum atomic E-state index is 12.6. The van der Waals surface area contributed by atoms with Gasteiger partial charge in [0.2, 0.25) is 0 Å². The lowest BCUT2D eigenvalue weighted by atomic mass is 10.1. The van der Waals surface area contributed by atoms with Crippen molar-refractivity contribution < 1.29 is 14.7 Å². The summed E-state index contributed by atoms with van der Waals surface area (Å²) in [5.74, 6) is 0.886. The number of anilines is 1. The number of carbonyl (C=O) groups excluding carboxylic acids is 1. The van der Waals surface area contributed by atoms with Gasteiger partial charge in [-0.2, -0.15) is 0 Å². The molecule has 0 saturated heterocycles. The molecule has 2 aromatic rings. The van der Waals surface area contributed by atoms with E-state index in [0.717, 1.165) is 41.6 Å². The summed E-state index contributed by atoms with van der Waals surface area (Å²) in [6.07, 6.45) is 2.41. The standard InChI is InChI=1S/C22H22N2O3/c25-21-18-4-2-1-3-16(18)13-23(21)17-9-7-15(8-10-17)19-11-20(19)24(22(26)27)12-14-5-6-14/h1-4,7-10,14,19-20H,5-6,11-13H2,(H,26,27)/t19-,20+/m0/s1. The fraction of sp³-hybridized carbons (Fsp3) is 0.364. The van der Waals surface area contributed by atoms with Crippen LogP contribution in [0.2, 0.25) is 0 Å². The molecule has 0 unspecified atom stereocenters. The molecule has 1 heterocycles. The summed E-state index contributed by atoms with van der Waals surface area (Å²) < 4.78 is 0. The van der Waals surface area contributed by atoms with E-state index in [1.807, 2.05) is 48.5 Å². The van der Waals surface area contributed by atoms with Crippen LogP contribution in [0.3, 0.4) is 0 Å². The van der Waals surface area contributed by atoms with Crippen molar-refractivity contribution >= 4 is 17.7 Å². The average molecular weight is 362 g/mol. The molecule has 2 amide bonds. The zero-order valence-electron chi connectivity index (χ0n) is 15.0. The highest BCUT2D eigenvalue weighted by Crippen LogP contribution is 2.46. The van der Waals surface area contributed by atoms with Gasteiger partial charge in [0.25, 0.3) is 5.91 Å².